The van der Waals surface area contributed by atoms with Crippen LogP contribution in [0, 0.1) is 5.92 Å². The summed E-state index contributed by atoms with van der Waals surface area (Å²) < 4.78 is 44.6. The molecule has 9 heteroatoms. The fourth-order valence-corrected chi connectivity index (χ4v) is 6.14. The fraction of sp³-hybridized carbons (Fsp3) is 0.467. The summed E-state index contributed by atoms with van der Waals surface area (Å²) in [5, 5.41) is 0.610. The minimum Gasteiger partial charge on any atom is -0.458 e. The average Bonchev–Trinajstić information content (AvgIpc) is 2.88. The van der Waals surface area contributed by atoms with Crippen LogP contribution in [0.4, 0.5) is 8.78 Å². The average molecular weight is 579 g/mol. The molecule has 1 saturated heterocycles. The molecule has 0 saturated carbocycles. The van der Waals surface area contributed by atoms with Crippen LogP contribution in [0.1, 0.15) is 68.4 Å². The Balaban J connectivity index is 1.55. The molecule has 0 aromatic heterocycles. The van der Waals surface area contributed by atoms with Crippen molar-refractivity contribution in [3.05, 3.63) is 75.8 Å². The van der Waals surface area contributed by atoms with Crippen LogP contribution in [-0.2, 0) is 30.2 Å². The first-order chi connectivity index (χ1) is 18.5. The van der Waals surface area contributed by atoms with Gasteiger partial charge in [0.05, 0.1) is 6.10 Å². The van der Waals surface area contributed by atoms with E-state index in [9.17, 15) is 18.4 Å². The highest BCUT2D eigenvalue weighted by Crippen LogP contribution is 2.43. The molecule has 2 aliphatic rings. The maximum atomic E-state index is 13.5. The van der Waals surface area contributed by atoms with Crippen molar-refractivity contribution in [2.75, 3.05) is 6.26 Å². The van der Waals surface area contributed by atoms with Crippen molar-refractivity contribution in [1.82, 2.24) is 0 Å². The van der Waals surface area contributed by atoms with Gasteiger partial charge < -0.3 is 14.2 Å². The first kappa shape index (κ1) is 29.6. The predicted octanol–water partition coefficient (Wildman–Crippen LogP) is 7.39. The van der Waals surface area contributed by atoms with E-state index >= 15 is 0 Å². The molecule has 0 amide bonds. The lowest BCUT2D eigenvalue weighted by molar-refractivity contribution is -0.208. The number of alkyl halides is 2. The minimum absolute atomic E-state index is 0.123. The molecule has 5 nitrogen and oxygen atoms in total. The molecule has 5 atom stereocenters. The number of esters is 2. The highest BCUT2D eigenvalue weighted by Gasteiger charge is 2.48. The zero-order chi connectivity index (χ0) is 28.3. The van der Waals surface area contributed by atoms with Crippen molar-refractivity contribution in [2.24, 2.45) is 5.92 Å². The Morgan fingerprint density at radius 1 is 1.08 bits per heavy atom. The summed E-state index contributed by atoms with van der Waals surface area (Å²) in [7, 11) is 0. The smallest absolute Gasteiger partial charge is 0.303 e. The van der Waals surface area contributed by atoms with Crippen LogP contribution >= 0.6 is 23.4 Å². The van der Waals surface area contributed by atoms with Crippen LogP contribution < -0.4 is 0 Å². The normalized spacial score (nSPS) is 26.4. The maximum Gasteiger partial charge on any atom is 0.303 e. The number of allylic oxidation sites excluding steroid dienone is 2. The summed E-state index contributed by atoms with van der Waals surface area (Å²) >= 11 is 7.97. The Labute approximate surface area is 237 Å². The highest BCUT2D eigenvalue weighted by atomic mass is 35.5. The van der Waals surface area contributed by atoms with Crippen molar-refractivity contribution < 1.29 is 32.6 Å². The zero-order valence-electron chi connectivity index (χ0n) is 22.4. The van der Waals surface area contributed by atoms with E-state index in [2.05, 4.69) is 0 Å². The first-order valence-corrected chi connectivity index (χ1v) is 14.6. The summed E-state index contributed by atoms with van der Waals surface area (Å²) in [5.41, 5.74) is 4.20. The molecule has 39 heavy (non-hydrogen) atoms. The topological polar surface area (TPSA) is 61.8 Å². The van der Waals surface area contributed by atoms with Gasteiger partial charge in [-0.25, -0.2) is 8.78 Å². The Kier molecular flexibility index (Phi) is 9.40. The number of hydrogen-bond donors (Lipinski definition) is 0. The second-order valence-electron chi connectivity index (χ2n) is 10.2. The Morgan fingerprint density at radius 2 is 1.74 bits per heavy atom. The van der Waals surface area contributed by atoms with Gasteiger partial charge >= 0.3 is 11.9 Å². The fourth-order valence-electron chi connectivity index (χ4n) is 5.24. The van der Waals surface area contributed by atoms with Crippen LogP contribution in [0.25, 0.3) is 5.57 Å². The minimum atomic E-state index is -2.61. The van der Waals surface area contributed by atoms with E-state index in [1.807, 2.05) is 55.6 Å². The SMILES string of the molecule is CS[C@H]1O[C@@H](c2ccc(Cl)c(Cc3ccc(C4=CCC(F)(F)CC4)cc3)c2)[C@H](C)[C@@H](OC(C)=O)[C@@H]1OC(C)=O. The molecule has 2 aromatic rings. The van der Waals surface area contributed by atoms with E-state index in [4.69, 9.17) is 25.8 Å². The summed E-state index contributed by atoms with van der Waals surface area (Å²) in [5.74, 6) is -3.84. The number of rotatable bonds is 7. The largest absolute Gasteiger partial charge is 0.458 e. The summed E-state index contributed by atoms with van der Waals surface area (Å²) in [6.45, 7) is 4.57. The van der Waals surface area contributed by atoms with Gasteiger partial charge in [0.2, 0.25) is 0 Å². The number of hydrogen-bond acceptors (Lipinski definition) is 6. The number of carbonyl (C=O) groups excluding carboxylic acids is 2. The van der Waals surface area contributed by atoms with E-state index < -0.39 is 41.6 Å². The molecule has 2 aromatic carbocycles. The molecule has 0 N–H and O–H groups in total. The van der Waals surface area contributed by atoms with Crippen LogP contribution in [0.3, 0.4) is 0 Å². The number of benzene rings is 2. The van der Waals surface area contributed by atoms with Crippen molar-refractivity contribution in [1.29, 1.82) is 0 Å². The van der Waals surface area contributed by atoms with Crippen molar-refractivity contribution in [3.63, 3.8) is 0 Å². The van der Waals surface area contributed by atoms with Gasteiger partial charge in [-0.05, 0) is 53.0 Å². The number of halogens is 3. The van der Waals surface area contributed by atoms with Crippen LogP contribution in [-0.4, -0.2) is 41.8 Å². The van der Waals surface area contributed by atoms with Gasteiger partial charge in [-0.15, -0.1) is 11.8 Å². The summed E-state index contributed by atoms with van der Waals surface area (Å²) in [4.78, 5) is 23.7. The molecule has 0 unspecified atom stereocenters. The van der Waals surface area contributed by atoms with Gasteiger partial charge in [0.15, 0.2) is 6.10 Å². The standard InChI is InChI=1S/C30H33ClF2O5S/c1-17-26(38-29(39-4)28(37-19(3)35)27(17)36-18(2)34)23-9-10-25(31)24(16-23)15-20-5-7-21(8-6-20)22-11-13-30(32,33)14-12-22/h5-11,16-17,26-29H,12-15H2,1-4H3/t17-,26+,27+,28-,29+/m0/s1. The Morgan fingerprint density at radius 3 is 2.33 bits per heavy atom. The van der Waals surface area contributed by atoms with Gasteiger partial charge in [0.25, 0.3) is 5.92 Å². The van der Waals surface area contributed by atoms with Crippen LogP contribution in [0.2, 0.25) is 5.02 Å². The van der Waals surface area contributed by atoms with E-state index in [0.717, 1.165) is 27.8 Å². The van der Waals surface area contributed by atoms with E-state index in [1.165, 1.54) is 25.6 Å². The number of thioether (sulfide) groups is 1. The molecule has 0 bridgehead atoms. The predicted molar refractivity (Wildman–Crippen MR) is 149 cm³/mol. The van der Waals surface area contributed by atoms with Crippen molar-refractivity contribution in [2.45, 2.75) is 76.1 Å². The lowest BCUT2D eigenvalue weighted by Gasteiger charge is -2.44. The lowest BCUT2D eigenvalue weighted by atomic mass is 9.86. The van der Waals surface area contributed by atoms with Gasteiger partial charge in [-0.1, -0.05) is 61.0 Å². The van der Waals surface area contributed by atoms with E-state index in [1.54, 1.807) is 6.08 Å². The Hall–Kier alpha value is -2.42. The van der Waals surface area contributed by atoms with Gasteiger partial charge in [0.1, 0.15) is 11.5 Å². The zero-order valence-corrected chi connectivity index (χ0v) is 24.0. The molecule has 1 heterocycles. The molecule has 1 aliphatic carbocycles. The van der Waals surface area contributed by atoms with Crippen molar-refractivity contribution in [3.8, 4) is 0 Å². The van der Waals surface area contributed by atoms with Crippen LogP contribution in [0.5, 0.6) is 0 Å². The Bertz CT molecular complexity index is 1230. The molecule has 1 fully saturated rings. The molecule has 1 aliphatic heterocycles. The molecule has 0 spiro atoms. The molecule has 210 valence electrons. The summed E-state index contributed by atoms with van der Waals surface area (Å²) in [6, 6.07) is 13.7. The molecular weight excluding hydrogens is 546 g/mol. The monoisotopic (exact) mass is 578 g/mol. The van der Waals surface area contributed by atoms with E-state index in [0.29, 0.717) is 17.9 Å². The summed E-state index contributed by atoms with van der Waals surface area (Å²) in [6.07, 6.45) is 2.25. The molecular formula is C30H33ClF2O5S. The third-order valence-corrected chi connectivity index (χ3v) is 8.44. The quantitative estimate of drug-likeness (QED) is 0.319. The highest BCUT2D eigenvalue weighted by molar-refractivity contribution is 7.99. The van der Waals surface area contributed by atoms with Crippen LogP contribution in [0.15, 0.2) is 48.5 Å². The molecule has 4 rings (SSSR count). The lowest BCUT2D eigenvalue weighted by Crippen LogP contribution is -2.52. The maximum absolute atomic E-state index is 13.5. The van der Waals surface area contributed by atoms with Gasteiger partial charge in [0, 0.05) is 37.6 Å². The molecule has 0 radical (unpaired) electrons. The third-order valence-electron chi connectivity index (χ3n) is 7.23. The second-order valence-corrected chi connectivity index (χ2v) is 11.5. The second kappa shape index (κ2) is 12.4. The number of ether oxygens (including phenoxy) is 3. The van der Waals surface area contributed by atoms with Gasteiger partial charge in [-0.2, -0.15) is 0 Å². The van der Waals surface area contributed by atoms with Gasteiger partial charge in [-0.3, -0.25) is 9.59 Å². The third kappa shape index (κ3) is 7.21. The first-order valence-electron chi connectivity index (χ1n) is 12.9. The number of carbonyl (C=O) groups is 2. The van der Waals surface area contributed by atoms with E-state index in [-0.39, 0.29) is 18.8 Å². The van der Waals surface area contributed by atoms with Crippen molar-refractivity contribution >= 4 is 40.9 Å².